The van der Waals surface area contributed by atoms with Crippen LogP contribution >= 0.6 is 0 Å². The largest absolute Gasteiger partial charge is 0.342 e. The molecule has 0 spiro atoms. The van der Waals surface area contributed by atoms with Crippen LogP contribution in [-0.4, -0.2) is 28.9 Å². The highest BCUT2D eigenvalue weighted by Gasteiger charge is 2.26. The van der Waals surface area contributed by atoms with Crippen LogP contribution in [0.4, 0.5) is 0 Å². The summed E-state index contributed by atoms with van der Waals surface area (Å²) in [4.78, 5) is 27.8. The average molecular weight is 282 g/mol. The lowest BCUT2D eigenvalue weighted by Crippen LogP contribution is -2.30. The highest BCUT2D eigenvalue weighted by Crippen LogP contribution is 2.27. The first-order valence-corrected chi connectivity index (χ1v) is 7.23. The molecule has 1 aliphatic rings. The third-order valence-corrected chi connectivity index (χ3v) is 4.02. The van der Waals surface area contributed by atoms with Crippen LogP contribution in [0.25, 0.3) is 0 Å². The standard InChI is InChI=1S/C17H18N2O2/c20-16-7-6-13(11-18-16)10-17(21)19-9-8-15(12-19)14-4-2-1-3-5-14/h1-7,11,15H,8-10,12H2,(H,18,20). The summed E-state index contributed by atoms with van der Waals surface area (Å²) in [6, 6.07) is 13.5. The van der Waals surface area contributed by atoms with Gasteiger partial charge >= 0.3 is 0 Å². The van der Waals surface area contributed by atoms with E-state index >= 15 is 0 Å². The Hall–Kier alpha value is -2.36. The molecule has 1 fully saturated rings. The van der Waals surface area contributed by atoms with Crippen molar-refractivity contribution >= 4 is 5.91 Å². The van der Waals surface area contributed by atoms with Gasteiger partial charge in [0.25, 0.3) is 0 Å². The Bertz CT molecular complexity index is 658. The number of rotatable bonds is 3. The lowest BCUT2D eigenvalue weighted by molar-refractivity contribution is -0.129. The second-order valence-corrected chi connectivity index (χ2v) is 5.47. The van der Waals surface area contributed by atoms with E-state index in [2.05, 4.69) is 17.1 Å². The molecule has 0 saturated carbocycles. The van der Waals surface area contributed by atoms with E-state index in [1.807, 2.05) is 23.1 Å². The van der Waals surface area contributed by atoms with Crippen LogP contribution in [0.15, 0.2) is 53.5 Å². The number of nitrogens with zero attached hydrogens (tertiary/aromatic N) is 1. The highest BCUT2D eigenvalue weighted by atomic mass is 16.2. The number of aromatic amines is 1. The van der Waals surface area contributed by atoms with Gasteiger partial charge in [-0.15, -0.1) is 0 Å². The van der Waals surface area contributed by atoms with E-state index < -0.39 is 0 Å². The number of H-pyrrole nitrogens is 1. The number of likely N-dealkylation sites (tertiary alicyclic amines) is 1. The Morgan fingerprint density at radius 3 is 2.71 bits per heavy atom. The van der Waals surface area contributed by atoms with E-state index in [1.54, 1.807) is 12.3 Å². The molecule has 1 saturated heterocycles. The molecule has 1 aromatic carbocycles. The zero-order valence-corrected chi connectivity index (χ0v) is 11.8. The van der Waals surface area contributed by atoms with Crippen LogP contribution in [0.1, 0.15) is 23.5 Å². The number of benzene rings is 1. The predicted octanol–water partition coefficient (Wildman–Crippen LogP) is 1.93. The van der Waals surface area contributed by atoms with Crippen LogP contribution in [0.2, 0.25) is 0 Å². The third kappa shape index (κ3) is 3.21. The van der Waals surface area contributed by atoms with Gasteiger partial charge in [-0.1, -0.05) is 36.4 Å². The van der Waals surface area contributed by atoms with Gasteiger partial charge in [-0.25, -0.2) is 0 Å². The number of carbonyl (C=O) groups is 1. The summed E-state index contributed by atoms with van der Waals surface area (Å²) in [6.45, 7) is 1.59. The third-order valence-electron chi connectivity index (χ3n) is 4.02. The molecule has 0 radical (unpaired) electrons. The molecule has 1 N–H and O–H groups in total. The number of pyridine rings is 1. The van der Waals surface area contributed by atoms with Crippen LogP contribution < -0.4 is 5.56 Å². The average Bonchev–Trinajstić information content (AvgIpc) is 3.00. The molecule has 3 rings (SSSR count). The molecular formula is C17H18N2O2. The Balaban J connectivity index is 1.62. The van der Waals surface area contributed by atoms with Gasteiger partial charge in [0.15, 0.2) is 0 Å². The van der Waals surface area contributed by atoms with E-state index in [-0.39, 0.29) is 11.5 Å². The van der Waals surface area contributed by atoms with Crippen molar-refractivity contribution in [1.29, 1.82) is 0 Å². The first kappa shape index (κ1) is 13.6. The van der Waals surface area contributed by atoms with Crippen LogP contribution in [0.3, 0.4) is 0 Å². The van der Waals surface area contributed by atoms with Gasteiger partial charge in [0.1, 0.15) is 0 Å². The quantitative estimate of drug-likeness (QED) is 0.935. The van der Waals surface area contributed by atoms with Crippen LogP contribution in [0.5, 0.6) is 0 Å². The monoisotopic (exact) mass is 282 g/mol. The Morgan fingerprint density at radius 1 is 1.19 bits per heavy atom. The van der Waals surface area contributed by atoms with E-state index in [4.69, 9.17) is 0 Å². The minimum Gasteiger partial charge on any atom is -0.342 e. The van der Waals surface area contributed by atoms with Gasteiger partial charge in [0, 0.05) is 31.3 Å². The van der Waals surface area contributed by atoms with E-state index in [0.717, 1.165) is 25.1 Å². The Kier molecular flexibility index (Phi) is 3.86. The van der Waals surface area contributed by atoms with Crippen molar-refractivity contribution in [3.05, 3.63) is 70.1 Å². The van der Waals surface area contributed by atoms with Gasteiger partial charge in [0.2, 0.25) is 11.5 Å². The zero-order chi connectivity index (χ0) is 14.7. The molecule has 1 amide bonds. The molecular weight excluding hydrogens is 264 g/mol. The summed E-state index contributed by atoms with van der Waals surface area (Å²) in [5.41, 5.74) is 2.01. The molecule has 4 nitrogen and oxygen atoms in total. The summed E-state index contributed by atoms with van der Waals surface area (Å²) >= 11 is 0. The van der Waals surface area contributed by atoms with E-state index in [9.17, 15) is 9.59 Å². The maximum absolute atomic E-state index is 12.3. The maximum atomic E-state index is 12.3. The Morgan fingerprint density at radius 2 is 2.00 bits per heavy atom. The molecule has 0 aliphatic carbocycles. The van der Waals surface area contributed by atoms with Crippen molar-refractivity contribution in [3.63, 3.8) is 0 Å². The minimum atomic E-state index is -0.142. The SMILES string of the molecule is O=C(Cc1ccc(=O)[nH]c1)N1CCC(c2ccccc2)C1. The summed E-state index contributed by atoms with van der Waals surface area (Å²) in [5.74, 6) is 0.561. The number of amides is 1. The van der Waals surface area contributed by atoms with Crippen molar-refractivity contribution in [2.45, 2.75) is 18.8 Å². The molecule has 1 atom stereocenters. The molecule has 2 aromatic rings. The Labute approximate surface area is 123 Å². The summed E-state index contributed by atoms with van der Waals surface area (Å²) in [6.07, 6.45) is 2.98. The first-order valence-electron chi connectivity index (χ1n) is 7.23. The van der Waals surface area contributed by atoms with Crippen molar-refractivity contribution in [2.24, 2.45) is 0 Å². The maximum Gasteiger partial charge on any atom is 0.247 e. The zero-order valence-electron chi connectivity index (χ0n) is 11.8. The highest BCUT2D eigenvalue weighted by molar-refractivity contribution is 5.79. The van der Waals surface area contributed by atoms with Crippen molar-refractivity contribution < 1.29 is 4.79 Å². The second kappa shape index (κ2) is 5.95. The number of hydrogen-bond donors (Lipinski definition) is 1. The fraction of sp³-hybridized carbons (Fsp3) is 0.294. The van der Waals surface area contributed by atoms with Gasteiger partial charge in [0.05, 0.1) is 6.42 Å². The van der Waals surface area contributed by atoms with Crippen molar-refractivity contribution in [2.75, 3.05) is 13.1 Å². The second-order valence-electron chi connectivity index (χ2n) is 5.47. The summed E-state index contributed by atoms with van der Waals surface area (Å²) in [7, 11) is 0. The van der Waals surface area contributed by atoms with Crippen molar-refractivity contribution in [1.82, 2.24) is 9.88 Å². The number of aromatic nitrogens is 1. The van der Waals surface area contributed by atoms with Gasteiger partial charge in [-0.2, -0.15) is 0 Å². The molecule has 21 heavy (non-hydrogen) atoms. The summed E-state index contributed by atoms with van der Waals surface area (Å²) in [5, 5.41) is 0. The fourth-order valence-electron chi connectivity index (χ4n) is 2.82. The molecule has 1 aromatic heterocycles. The molecule has 0 bridgehead atoms. The lowest BCUT2D eigenvalue weighted by atomic mass is 9.99. The summed E-state index contributed by atoms with van der Waals surface area (Å²) < 4.78 is 0. The van der Waals surface area contributed by atoms with Gasteiger partial charge in [-0.05, 0) is 17.5 Å². The van der Waals surface area contributed by atoms with E-state index in [0.29, 0.717) is 12.3 Å². The molecule has 2 heterocycles. The fourth-order valence-corrected chi connectivity index (χ4v) is 2.82. The van der Waals surface area contributed by atoms with Gasteiger partial charge < -0.3 is 9.88 Å². The van der Waals surface area contributed by atoms with Crippen LogP contribution in [0, 0.1) is 0 Å². The molecule has 4 heteroatoms. The number of hydrogen-bond acceptors (Lipinski definition) is 2. The lowest BCUT2D eigenvalue weighted by Gasteiger charge is -2.16. The number of carbonyl (C=O) groups excluding carboxylic acids is 1. The molecule has 1 unspecified atom stereocenters. The molecule has 1 aliphatic heterocycles. The topological polar surface area (TPSA) is 53.2 Å². The smallest absolute Gasteiger partial charge is 0.247 e. The molecule has 108 valence electrons. The minimum absolute atomic E-state index is 0.125. The predicted molar refractivity (Wildman–Crippen MR) is 81.1 cm³/mol. The van der Waals surface area contributed by atoms with Gasteiger partial charge in [-0.3, -0.25) is 9.59 Å². The number of nitrogens with one attached hydrogen (secondary N) is 1. The first-order chi connectivity index (χ1) is 10.2. The van der Waals surface area contributed by atoms with E-state index in [1.165, 1.54) is 11.6 Å². The van der Waals surface area contributed by atoms with Crippen molar-refractivity contribution in [3.8, 4) is 0 Å². The normalized spacial score (nSPS) is 17.9. The van der Waals surface area contributed by atoms with Crippen LogP contribution in [-0.2, 0) is 11.2 Å².